The molecule has 1 fully saturated rings. The van der Waals surface area contributed by atoms with Crippen molar-refractivity contribution in [2.75, 3.05) is 23.7 Å². The third-order valence-electron chi connectivity index (χ3n) is 4.09. The number of carbonyl (C=O) groups excluding carboxylic acids is 2. The number of hydrogen-bond acceptors (Lipinski definition) is 4. The molecule has 1 aliphatic heterocycles. The summed E-state index contributed by atoms with van der Waals surface area (Å²) >= 11 is 1.40. The Morgan fingerprint density at radius 1 is 1.16 bits per heavy atom. The predicted molar refractivity (Wildman–Crippen MR) is 105 cm³/mol. The lowest BCUT2D eigenvalue weighted by Crippen LogP contribution is -2.15. The quantitative estimate of drug-likeness (QED) is 0.715. The summed E-state index contributed by atoms with van der Waals surface area (Å²) < 4.78 is 0. The molecule has 25 heavy (non-hydrogen) atoms. The van der Waals surface area contributed by atoms with Crippen LogP contribution in [0.5, 0.6) is 0 Å². The van der Waals surface area contributed by atoms with E-state index in [9.17, 15) is 9.59 Å². The molecule has 3 N–H and O–H groups in total. The van der Waals surface area contributed by atoms with E-state index < -0.39 is 0 Å². The van der Waals surface area contributed by atoms with Gasteiger partial charge in [0.1, 0.15) is 0 Å². The van der Waals surface area contributed by atoms with Crippen LogP contribution in [0.4, 0.5) is 11.4 Å². The summed E-state index contributed by atoms with van der Waals surface area (Å²) in [4.78, 5) is 24.8. The van der Waals surface area contributed by atoms with E-state index in [0.29, 0.717) is 28.6 Å². The van der Waals surface area contributed by atoms with Crippen LogP contribution in [0.3, 0.4) is 0 Å². The standard InChI is InChI=1S/C18H21N3O2S.ClH/c22-17(7-6-13-8-9-19-12-13)20-14-3-1-4-15(11-14)21-18(23)16-5-2-10-24-16;/h1-5,10-11,13,19H,6-9,12H2,(H,20,22)(H,21,23);1H. The topological polar surface area (TPSA) is 70.2 Å². The van der Waals surface area contributed by atoms with Crippen molar-refractivity contribution >= 4 is 46.9 Å². The Hall–Kier alpha value is -1.89. The molecule has 1 aromatic carbocycles. The van der Waals surface area contributed by atoms with Crippen molar-refractivity contribution in [2.45, 2.75) is 19.3 Å². The number of halogens is 1. The fraction of sp³-hybridized carbons (Fsp3) is 0.333. The Morgan fingerprint density at radius 3 is 2.64 bits per heavy atom. The number of amides is 2. The van der Waals surface area contributed by atoms with E-state index >= 15 is 0 Å². The number of nitrogens with one attached hydrogen (secondary N) is 3. The second kappa shape index (κ2) is 9.56. The molecule has 0 spiro atoms. The molecule has 134 valence electrons. The SMILES string of the molecule is Cl.O=C(CCC1CCNC1)Nc1cccc(NC(=O)c2cccs2)c1. The summed E-state index contributed by atoms with van der Waals surface area (Å²) in [7, 11) is 0. The van der Waals surface area contributed by atoms with Crippen LogP contribution in [0.2, 0.25) is 0 Å². The largest absolute Gasteiger partial charge is 0.326 e. The van der Waals surface area contributed by atoms with E-state index in [0.717, 1.165) is 25.9 Å². The van der Waals surface area contributed by atoms with Crippen molar-refractivity contribution in [2.24, 2.45) is 5.92 Å². The molecule has 1 unspecified atom stereocenters. The average molecular weight is 380 g/mol. The van der Waals surface area contributed by atoms with E-state index in [2.05, 4.69) is 16.0 Å². The van der Waals surface area contributed by atoms with Gasteiger partial charge in [0.2, 0.25) is 5.91 Å². The van der Waals surface area contributed by atoms with Gasteiger partial charge < -0.3 is 16.0 Å². The van der Waals surface area contributed by atoms with E-state index in [1.807, 2.05) is 29.6 Å². The van der Waals surface area contributed by atoms with E-state index in [1.165, 1.54) is 11.3 Å². The van der Waals surface area contributed by atoms with Gasteiger partial charge in [-0.05, 0) is 61.5 Å². The first-order valence-corrected chi connectivity index (χ1v) is 9.04. The molecule has 7 heteroatoms. The molecular weight excluding hydrogens is 358 g/mol. The van der Waals surface area contributed by atoms with Crippen LogP contribution in [0.1, 0.15) is 28.9 Å². The van der Waals surface area contributed by atoms with Crippen LogP contribution in [0, 0.1) is 5.92 Å². The van der Waals surface area contributed by atoms with Gasteiger partial charge in [0.05, 0.1) is 4.88 Å². The van der Waals surface area contributed by atoms with Crippen LogP contribution in [-0.4, -0.2) is 24.9 Å². The highest BCUT2D eigenvalue weighted by Crippen LogP contribution is 2.19. The third kappa shape index (κ3) is 5.85. The van der Waals surface area contributed by atoms with Crippen molar-refractivity contribution in [3.63, 3.8) is 0 Å². The van der Waals surface area contributed by atoms with Gasteiger partial charge >= 0.3 is 0 Å². The molecular formula is C18H22ClN3O2S. The molecule has 0 radical (unpaired) electrons. The molecule has 0 aliphatic carbocycles. The molecule has 0 saturated carbocycles. The lowest BCUT2D eigenvalue weighted by molar-refractivity contribution is -0.116. The fourth-order valence-electron chi connectivity index (χ4n) is 2.79. The van der Waals surface area contributed by atoms with E-state index in [-0.39, 0.29) is 24.2 Å². The maximum atomic E-state index is 12.1. The van der Waals surface area contributed by atoms with Crippen molar-refractivity contribution in [1.29, 1.82) is 0 Å². The summed E-state index contributed by atoms with van der Waals surface area (Å²) in [6.07, 6.45) is 2.59. The van der Waals surface area contributed by atoms with Crippen LogP contribution < -0.4 is 16.0 Å². The molecule has 2 aromatic rings. The highest BCUT2D eigenvalue weighted by Gasteiger charge is 2.15. The van der Waals surface area contributed by atoms with Gasteiger partial charge in [-0.1, -0.05) is 12.1 Å². The second-order valence-corrected chi connectivity index (χ2v) is 6.91. The molecule has 1 aromatic heterocycles. The van der Waals surface area contributed by atoms with Crippen molar-refractivity contribution < 1.29 is 9.59 Å². The van der Waals surface area contributed by atoms with E-state index in [4.69, 9.17) is 0 Å². The van der Waals surface area contributed by atoms with Crippen molar-refractivity contribution in [3.8, 4) is 0 Å². The summed E-state index contributed by atoms with van der Waals surface area (Å²) in [5.74, 6) is 0.484. The number of rotatable bonds is 6. The zero-order valence-corrected chi connectivity index (χ0v) is 15.4. The molecule has 5 nitrogen and oxygen atoms in total. The van der Waals surface area contributed by atoms with Crippen LogP contribution in [-0.2, 0) is 4.79 Å². The first-order valence-electron chi connectivity index (χ1n) is 8.16. The highest BCUT2D eigenvalue weighted by molar-refractivity contribution is 7.12. The molecule has 2 heterocycles. The van der Waals surface area contributed by atoms with Crippen LogP contribution >= 0.6 is 23.7 Å². The zero-order valence-electron chi connectivity index (χ0n) is 13.8. The Kier molecular flexibility index (Phi) is 7.43. The molecule has 0 bridgehead atoms. The number of benzene rings is 1. The van der Waals surface area contributed by atoms with Gasteiger partial charge in [-0.3, -0.25) is 9.59 Å². The Morgan fingerprint density at radius 2 is 1.96 bits per heavy atom. The first kappa shape index (κ1) is 19.4. The zero-order chi connectivity index (χ0) is 16.8. The third-order valence-corrected chi connectivity index (χ3v) is 4.96. The van der Waals surface area contributed by atoms with E-state index in [1.54, 1.807) is 12.1 Å². The van der Waals surface area contributed by atoms with Gasteiger partial charge in [-0.2, -0.15) is 0 Å². The van der Waals surface area contributed by atoms with Gasteiger partial charge in [-0.25, -0.2) is 0 Å². The number of thiophene rings is 1. The average Bonchev–Trinajstić information content (AvgIpc) is 3.27. The van der Waals surface area contributed by atoms with Gasteiger partial charge in [-0.15, -0.1) is 23.7 Å². The molecule has 3 rings (SSSR count). The fourth-order valence-corrected chi connectivity index (χ4v) is 3.41. The Bertz CT molecular complexity index is 700. The second-order valence-electron chi connectivity index (χ2n) is 5.96. The Labute approximate surface area is 157 Å². The lowest BCUT2D eigenvalue weighted by atomic mass is 10.0. The molecule has 1 saturated heterocycles. The predicted octanol–water partition coefficient (Wildman–Crippen LogP) is 3.75. The number of anilines is 2. The maximum Gasteiger partial charge on any atom is 0.265 e. The number of carbonyl (C=O) groups is 2. The van der Waals surface area contributed by atoms with Gasteiger partial charge in [0.15, 0.2) is 0 Å². The summed E-state index contributed by atoms with van der Waals surface area (Å²) in [6, 6.07) is 10.9. The summed E-state index contributed by atoms with van der Waals surface area (Å²) in [5.41, 5.74) is 1.37. The van der Waals surface area contributed by atoms with Crippen molar-refractivity contribution in [1.82, 2.24) is 5.32 Å². The normalized spacial score (nSPS) is 16.1. The molecule has 1 atom stereocenters. The van der Waals surface area contributed by atoms with Crippen molar-refractivity contribution in [3.05, 3.63) is 46.7 Å². The molecule has 1 aliphatic rings. The Balaban J connectivity index is 0.00000225. The summed E-state index contributed by atoms with van der Waals surface area (Å²) in [6.45, 7) is 2.07. The minimum absolute atomic E-state index is 0. The lowest BCUT2D eigenvalue weighted by Gasteiger charge is -2.10. The number of hydrogen-bond donors (Lipinski definition) is 3. The van der Waals surface area contributed by atoms with Gasteiger partial charge in [0.25, 0.3) is 5.91 Å². The highest BCUT2D eigenvalue weighted by atomic mass is 35.5. The van der Waals surface area contributed by atoms with Crippen LogP contribution in [0.25, 0.3) is 0 Å². The minimum Gasteiger partial charge on any atom is -0.326 e. The monoisotopic (exact) mass is 379 g/mol. The maximum absolute atomic E-state index is 12.1. The first-order chi connectivity index (χ1) is 11.7. The summed E-state index contributed by atoms with van der Waals surface area (Å²) in [5, 5.41) is 10.9. The smallest absolute Gasteiger partial charge is 0.265 e. The molecule has 2 amide bonds. The van der Waals surface area contributed by atoms with Gasteiger partial charge in [0, 0.05) is 17.8 Å². The minimum atomic E-state index is -0.137. The van der Waals surface area contributed by atoms with Crippen LogP contribution in [0.15, 0.2) is 41.8 Å².